The highest BCUT2D eigenvalue weighted by atomic mass is 79.9. The van der Waals surface area contributed by atoms with Gasteiger partial charge in [0.2, 0.25) is 0 Å². The zero-order valence-electron chi connectivity index (χ0n) is 8.04. The molecule has 2 heterocycles. The summed E-state index contributed by atoms with van der Waals surface area (Å²) in [5, 5.41) is 3.38. The van der Waals surface area contributed by atoms with Gasteiger partial charge in [0, 0.05) is 30.3 Å². The molecule has 0 aromatic carbocycles. The highest BCUT2D eigenvalue weighted by Crippen LogP contribution is 2.17. The molecule has 0 saturated carbocycles. The number of anilines is 1. The van der Waals surface area contributed by atoms with Crippen molar-refractivity contribution in [3.8, 4) is 0 Å². The molecule has 3 nitrogen and oxygen atoms in total. The lowest BCUT2D eigenvalue weighted by Crippen LogP contribution is -2.28. The van der Waals surface area contributed by atoms with E-state index in [0.29, 0.717) is 0 Å². The Balaban J connectivity index is 2.12. The number of rotatable bonds is 1. The summed E-state index contributed by atoms with van der Waals surface area (Å²) in [6, 6.07) is 4.03. The summed E-state index contributed by atoms with van der Waals surface area (Å²) in [6.07, 6.45) is 3.03. The molecule has 0 amide bonds. The predicted octanol–water partition coefficient (Wildman–Crippen LogP) is 1.64. The quantitative estimate of drug-likeness (QED) is 0.828. The second-order valence-corrected chi connectivity index (χ2v) is 4.34. The van der Waals surface area contributed by atoms with Crippen LogP contribution < -0.4 is 10.2 Å². The van der Waals surface area contributed by atoms with Gasteiger partial charge in [-0.05, 0) is 25.1 Å². The van der Waals surface area contributed by atoms with E-state index in [4.69, 9.17) is 0 Å². The summed E-state index contributed by atoms with van der Waals surface area (Å²) < 4.78 is 1.10. The number of nitrogens with one attached hydrogen (secondary N) is 1. The van der Waals surface area contributed by atoms with E-state index in [1.165, 1.54) is 6.42 Å². The molecule has 1 aliphatic rings. The first-order valence-corrected chi connectivity index (χ1v) is 5.73. The van der Waals surface area contributed by atoms with Crippen LogP contribution in [0.2, 0.25) is 0 Å². The van der Waals surface area contributed by atoms with Crippen molar-refractivity contribution < 1.29 is 0 Å². The molecule has 1 saturated heterocycles. The zero-order chi connectivity index (χ0) is 9.80. The molecule has 4 heteroatoms. The molecule has 1 aromatic rings. The van der Waals surface area contributed by atoms with Gasteiger partial charge in [-0.2, -0.15) is 0 Å². The molecule has 0 aliphatic carbocycles. The van der Waals surface area contributed by atoms with Crippen LogP contribution in [0.1, 0.15) is 6.42 Å². The third-order valence-corrected chi connectivity index (χ3v) is 2.86. The van der Waals surface area contributed by atoms with Crippen LogP contribution in [0.5, 0.6) is 0 Å². The monoisotopic (exact) mass is 255 g/mol. The van der Waals surface area contributed by atoms with E-state index < -0.39 is 0 Å². The molecule has 0 atom stereocenters. The van der Waals surface area contributed by atoms with E-state index in [0.717, 1.165) is 36.5 Å². The average Bonchev–Trinajstić information content (AvgIpc) is 2.45. The van der Waals surface area contributed by atoms with Crippen molar-refractivity contribution in [1.29, 1.82) is 0 Å². The standard InChI is InChI=1S/C10H14BrN3/c11-9-2-4-13-10(8-9)14-6-1-3-12-5-7-14/h2,4,8,12H,1,3,5-7H2. The maximum absolute atomic E-state index is 4.37. The third-order valence-electron chi connectivity index (χ3n) is 2.37. The zero-order valence-corrected chi connectivity index (χ0v) is 9.63. The third kappa shape index (κ3) is 2.45. The van der Waals surface area contributed by atoms with Crippen molar-refractivity contribution in [1.82, 2.24) is 10.3 Å². The normalized spacial score (nSPS) is 17.9. The molecule has 2 rings (SSSR count). The highest BCUT2D eigenvalue weighted by Gasteiger charge is 2.10. The summed E-state index contributed by atoms with van der Waals surface area (Å²) in [4.78, 5) is 6.70. The fourth-order valence-electron chi connectivity index (χ4n) is 1.64. The molecule has 1 N–H and O–H groups in total. The number of pyridine rings is 1. The molecule has 0 radical (unpaired) electrons. The van der Waals surface area contributed by atoms with E-state index in [1.54, 1.807) is 0 Å². The lowest BCUT2D eigenvalue weighted by atomic mass is 10.3. The fraction of sp³-hybridized carbons (Fsp3) is 0.500. The molecular weight excluding hydrogens is 242 g/mol. The molecule has 0 unspecified atom stereocenters. The molecule has 14 heavy (non-hydrogen) atoms. The minimum Gasteiger partial charge on any atom is -0.355 e. The first-order valence-electron chi connectivity index (χ1n) is 4.93. The minimum absolute atomic E-state index is 1.05. The van der Waals surface area contributed by atoms with Gasteiger partial charge in [-0.25, -0.2) is 4.98 Å². The molecular formula is C10H14BrN3. The lowest BCUT2D eigenvalue weighted by molar-refractivity contribution is 0.724. The predicted molar refractivity (Wildman–Crippen MR) is 61.6 cm³/mol. The van der Waals surface area contributed by atoms with Crippen molar-refractivity contribution in [2.24, 2.45) is 0 Å². The van der Waals surface area contributed by atoms with E-state index in [9.17, 15) is 0 Å². The van der Waals surface area contributed by atoms with Crippen LogP contribution in [0.25, 0.3) is 0 Å². The Kier molecular flexibility index (Phi) is 3.37. The lowest BCUT2D eigenvalue weighted by Gasteiger charge is -2.20. The number of hydrogen-bond donors (Lipinski definition) is 1. The molecule has 0 bridgehead atoms. The summed E-state index contributed by atoms with van der Waals surface area (Å²) in [7, 11) is 0. The molecule has 1 aliphatic heterocycles. The highest BCUT2D eigenvalue weighted by molar-refractivity contribution is 9.10. The Morgan fingerprint density at radius 2 is 2.29 bits per heavy atom. The second-order valence-electron chi connectivity index (χ2n) is 3.42. The van der Waals surface area contributed by atoms with E-state index in [2.05, 4.69) is 37.2 Å². The summed E-state index contributed by atoms with van der Waals surface area (Å²) in [6.45, 7) is 4.30. The smallest absolute Gasteiger partial charge is 0.129 e. The fourth-order valence-corrected chi connectivity index (χ4v) is 1.96. The topological polar surface area (TPSA) is 28.2 Å². The van der Waals surface area contributed by atoms with Crippen LogP contribution >= 0.6 is 15.9 Å². The van der Waals surface area contributed by atoms with E-state index >= 15 is 0 Å². The second kappa shape index (κ2) is 4.75. The van der Waals surface area contributed by atoms with Crippen molar-refractivity contribution in [2.75, 3.05) is 31.1 Å². The maximum Gasteiger partial charge on any atom is 0.129 e. The average molecular weight is 256 g/mol. The molecule has 1 aromatic heterocycles. The van der Waals surface area contributed by atoms with E-state index in [-0.39, 0.29) is 0 Å². The molecule has 1 fully saturated rings. The first-order chi connectivity index (χ1) is 6.86. The van der Waals surface area contributed by atoms with Crippen molar-refractivity contribution in [2.45, 2.75) is 6.42 Å². The Labute approximate surface area is 92.6 Å². The van der Waals surface area contributed by atoms with Gasteiger partial charge in [-0.1, -0.05) is 15.9 Å². The maximum atomic E-state index is 4.37. The van der Waals surface area contributed by atoms with Gasteiger partial charge in [0.05, 0.1) is 0 Å². The van der Waals surface area contributed by atoms with Gasteiger partial charge in [0.15, 0.2) is 0 Å². The number of halogens is 1. The molecule has 76 valence electrons. The Bertz CT molecular complexity index is 295. The van der Waals surface area contributed by atoms with Gasteiger partial charge in [0.25, 0.3) is 0 Å². The largest absolute Gasteiger partial charge is 0.355 e. The Hall–Kier alpha value is -0.610. The van der Waals surface area contributed by atoms with Gasteiger partial charge in [0.1, 0.15) is 5.82 Å². The Morgan fingerprint density at radius 1 is 1.36 bits per heavy atom. The summed E-state index contributed by atoms with van der Waals surface area (Å²) in [5.41, 5.74) is 0. The van der Waals surface area contributed by atoms with Crippen LogP contribution in [0.3, 0.4) is 0 Å². The SMILES string of the molecule is Brc1ccnc(N2CCCNCC2)c1. The van der Waals surface area contributed by atoms with Gasteiger partial charge in [-0.15, -0.1) is 0 Å². The number of aromatic nitrogens is 1. The van der Waals surface area contributed by atoms with Crippen LogP contribution in [-0.2, 0) is 0 Å². The summed E-state index contributed by atoms with van der Waals surface area (Å²) >= 11 is 3.47. The van der Waals surface area contributed by atoms with Crippen LogP contribution in [0.4, 0.5) is 5.82 Å². The minimum atomic E-state index is 1.05. The van der Waals surface area contributed by atoms with Gasteiger partial charge < -0.3 is 10.2 Å². The van der Waals surface area contributed by atoms with Gasteiger partial charge >= 0.3 is 0 Å². The first kappa shape index (κ1) is 9.93. The van der Waals surface area contributed by atoms with Crippen LogP contribution in [0, 0.1) is 0 Å². The number of nitrogens with zero attached hydrogens (tertiary/aromatic N) is 2. The summed E-state index contributed by atoms with van der Waals surface area (Å²) in [5.74, 6) is 1.07. The number of hydrogen-bond acceptors (Lipinski definition) is 3. The Morgan fingerprint density at radius 3 is 3.14 bits per heavy atom. The van der Waals surface area contributed by atoms with Crippen LogP contribution in [-0.4, -0.2) is 31.2 Å². The van der Waals surface area contributed by atoms with Crippen molar-refractivity contribution >= 4 is 21.7 Å². The van der Waals surface area contributed by atoms with E-state index in [1.807, 2.05) is 12.3 Å². The molecule has 0 spiro atoms. The van der Waals surface area contributed by atoms with Crippen LogP contribution in [0.15, 0.2) is 22.8 Å². The van der Waals surface area contributed by atoms with Gasteiger partial charge in [-0.3, -0.25) is 0 Å². The van der Waals surface area contributed by atoms with Crippen molar-refractivity contribution in [3.63, 3.8) is 0 Å². The van der Waals surface area contributed by atoms with Crippen molar-refractivity contribution in [3.05, 3.63) is 22.8 Å².